The topological polar surface area (TPSA) is 73.8 Å². The second-order valence-electron chi connectivity index (χ2n) is 8.63. The first kappa shape index (κ1) is 18.0. The van der Waals surface area contributed by atoms with Crippen LogP contribution in [-0.4, -0.2) is 34.9 Å². The molecular weight excluding hydrogens is 382 g/mol. The van der Waals surface area contributed by atoms with Crippen LogP contribution < -0.4 is 9.47 Å². The fraction of sp³-hybridized carbons (Fsp3) is 0.478. The monoisotopic (exact) mass is 407 g/mol. The van der Waals surface area contributed by atoms with Gasteiger partial charge >= 0.3 is 0 Å². The van der Waals surface area contributed by atoms with Gasteiger partial charge in [0.1, 0.15) is 13.2 Å². The van der Waals surface area contributed by atoms with E-state index in [1.807, 2.05) is 12.1 Å². The molecule has 1 atom stereocenters. The first-order chi connectivity index (χ1) is 14.7. The standard InChI is InChI=1S/C23H25N3O4/c1-15-16-11-19-20(29-10-9-28-19)12-17(16)23(6-2-3-7-23)14-26(15)13-21-24-25-22(30-21)18-5-4-8-27-18/h4-5,8,11-12,15H,2-3,6-7,9-10,13-14H2,1H3. The minimum absolute atomic E-state index is 0.154. The lowest BCUT2D eigenvalue weighted by Crippen LogP contribution is -2.45. The van der Waals surface area contributed by atoms with Gasteiger partial charge in [0.05, 0.1) is 12.8 Å². The molecule has 0 N–H and O–H groups in total. The third-order valence-electron chi connectivity index (χ3n) is 6.89. The van der Waals surface area contributed by atoms with Crippen molar-refractivity contribution in [2.24, 2.45) is 0 Å². The first-order valence-electron chi connectivity index (χ1n) is 10.8. The third kappa shape index (κ3) is 2.83. The van der Waals surface area contributed by atoms with Crippen LogP contribution in [0.3, 0.4) is 0 Å². The van der Waals surface area contributed by atoms with E-state index in [4.69, 9.17) is 18.3 Å². The van der Waals surface area contributed by atoms with E-state index >= 15 is 0 Å². The maximum absolute atomic E-state index is 5.91. The van der Waals surface area contributed by atoms with Gasteiger partial charge in [-0.2, -0.15) is 0 Å². The Balaban J connectivity index is 1.35. The zero-order valence-electron chi connectivity index (χ0n) is 17.1. The van der Waals surface area contributed by atoms with E-state index in [0.29, 0.717) is 37.3 Å². The summed E-state index contributed by atoms with van der Waals surface area (Å²) in [6.07, 6.45) is 6.53. The average Bonchev–Trinajstić information content (AvgIpc) is 3.53. The molecule has 1 aliphatic carbocycles. The van der Waals surface area contributed by atoms with Crippen LogP contribution in [0.25, 0.3) is 11.7 Å². The van der Waals surface area contributed by atoms with Crippen molar-refractivity contribution < 1.29 is 18.3 Å². The number of furan rings is 1. The quantitative estimate of drug-likeness (QED) is 0.633. The average molecular weight is 407 g/mol. The van der Waals surface area contributed by atoms with Crippen LogP contribution in [0.1, 0.15) is 55.7 Å². The summed E-state index contributed by atoms with van der Waals surface area (Å²) in [7, 11) is 0. The van der Waals surface area contributed by atoms with Crippen LogP contribution in [0.15, 0.2) is 39.4 Å². The molecule has 3 aliphatic rings. The summed E-state index contributed by atoms with van der Waals surface area (Å²) >= 11 is 0. The minimum atomic E-state index is 0.154. The Hall–Kier alpha value is -2.80. The summed E-state index contributed by atoms with van der Waals surface area (Å²) < 4.78 is 23.1. The van der Waals surface area contributed by atoms with Crippen molar-refractivity contribution in [2.75, 3.05) is 19.8 Å². The number of benzene rings is 1. The molecule has 4 heterocycles. The Kier molecular flexibility index (Phi) is 4.13. The fourth-order valence-corrected chi connectivity index (χ4v) is 5.38. The Bertz CT molecular complexity index is 1050. The molecule has 3 aromatic rings. The molecule has 1 spiro atoms. The highest BCUT2D eigenvalue weighted by Crippen LogP contribution is 2.52. The molecule has 1 aromatic carbocycles. The number of nitrogens with zero attached hydrogens (tertiary/aromatic N) is 3. The lowest BCUT2D eigenvalue weighted by atomic mass is 9.71. The Morgan fingerprint density at radius 2 is 1.90 bits per heavy atom. The molecule has 0 radical (unpaired) electrons. The van der Waals surface area contributed by atoms with Crippen LogP contribution in [0, 0.1) is 0 Å². The maximum Gasteiger partial charge on any atom is 0.283 e. The molecule has 156 valence electrons. The van der Waals surface area contributed by atoms with E-state index in [1.165, 1.54) is 36.8 Å². The molecule has 0 bridgehead atoms. The number of ether oxygens (including phenoxy) is 2. The van der Waals surface area contributed by atoms with Crippen LogP contribution >= 0.6 is 0 Å². The molecule has 6 rings (SSSR count). The Labute approximate surface area is 175 Å². The molecule has 1 fully saturated rings. The highest BCUT2D eigenvalue weighted by Gasteiger charge is 2.45. The van der Waals surface area contributed by atoms with E-state index in [0.717, 1.165) is 18.0 Å². The number of fused-ring (bicyclic) bond motifs is 3. The normalized spacial score (nSPS) is 22.4. The molecule has 0 amide bonds. The molecule has 2 aromatic heterocycles. The van der Waals surface area contributed by atoms with Crippen LogP contribution in [0.4, 0.5) is 0 Å². The Morgan fingerprint density at radius 3 is 2.67 bits per heavy atom. The predicted molar refractivity (Wildman–Crippen MR) is 108 cm³/mol. The molecule has 7 heteroatoms. The lowest BCUT2D eigenvalue weighted by Gasteiger charge is -2.46. The molecule has 2 aliphatic heterocycles. The summed E-state index contributed by atoms with van der Waals surface area (Å²) in [5.41, 5.74) is 2.93. The highest BCUT2D eigenvalue weighted by molar-refractivity contribution is 5.53. The fourth-order valence-electron chi connectivity index (χ4n) is 5.38. The zero-order valence-corrected chi connectivity index (χ0v) is 17.1. The maximum atomic E-state index is 5.91. The molecule has 0 saturated heterocycles. The molecule has 7 nitrogen and oxygen atoms in total. The molecule has 1 unspecified atom stereocenters. The van der Waals surface area contributed by atoms with Crippen molar-refractivity contribution in [2.45, 2.75) is 50.6 Å². The van der Waals surface area contributed by atoms with Gasteiger partial charge in [0, 0.05) is 18.0 Å². The number of aromatic nitrogens is 2. The summed E-state index contributed by atoms with van der Waals surface area (Å²) in [5, 5.41) is 8.45. The van der Waals surface area contributed by atoms with Gasteiger partial charge in [0.15, 0.2) is 17.3 Å². The predicted octanol–water partition coefficient (Wildman–Crippen LogP) is 4.49. The van der Waals surface area contributed by atoms with Gasteiger partial charge in [-0.3, -0.25) is 4.90 Å². The van der Waals surface area contributed by atoms with Crippen molar-refractivity contribution in [3.8, 4) is 23.1 Å². The second-order valence-corrected chi connectivity index (χ2v) is 8.63. The number of hydrogen-bond acceptors (Lipinski definition) is 7. The molecule has 30 heavy (non-hydrogen) atoms. The summed E-state index contributed by atoms with van der Waals surface area (Å²) in [4.78, 5) is 2.46. The van der Waals surface area contributed by atoms with Gasteiger partial charge in [-0.25, -0.2) is 0 Å². The summed E-state index contributed by atoms with van der Waals surface area (Å²) in [6.45, 7) is 5.08. The van der Waals surface area contributed by atoms with Gasteiger partial charge in [0.2, 0.25) is 5.89 Å². The van der Waals surface area contributed by atoms with E-state index in [9.17, 15) is 0 Å². The first-order valence-corrected chi connectivity index (χ1v) is 10.8. The zero-order chi connectivity index (χ0) is 20.1. The van der Waals surface area contributed by atoms with Crippen LogP contribution in [0.5, 0.6) is 11.5 Å². The third-order valence-corrected chi connectivity index (χ3v) is 6.89. The number of rotatable bonds is 3. The van der Waals surface area contributed by atoms with Gasteiger partial charge in [-0.1, -0.05) is 12.8 Å². The van der Waals surface area contributed by atoms with Crippen molar-refractivity contribution in [3.05, 3.63) is 47.5 Å². The van der Waals surface area contributed by atoms with Crippen molar-refractivity contribution in [1.29, 1.82) is 0 Å². The van der Waals surface area contributed by atoms with Crippen LogP contribution in [0.2, 0.25) is 0 Å². The second kappa shape index (κ2) is 6.87. The Morgan fingerprint density at radius 1 is 1.10 bits per heavy atom. The van der Waals surface area contributed by atoms with Crippen LogP contribution in [-0.2, 0) is 12.0 Å². The van der Waals surface area contributed by atoms with Gasteiger partial charge in [-0.05, 0) is 55.2 Å². The highest BCUT2D eigenvalue weighted by atomic mass is 16.6. The minimum Gasteiger partial charge on any atom is -0.486 e. The largest absolute Gasteiger partial charge is 0.486 e. The lowest BCUT2D eigenvalue weighted by molar-refractivity contribution is 0.115. The number of hydrogen-bond donors (Lipinski definition) is 0. The van der Waals surface area contributed by atoms with E-state index in [1.54, 1.807) is 6.26 Å². The molecular formula is C23H25N3O4. The van der Waals surface area contributed by atoms with Gasteiger partial charge in [0.25, 0.3) is 5.89 Å². The van der Waals surface area contributed by atoms with E-state index in [-0.39, 0.29) is 11.5 Å². The van der Waals surface area contributed by atoms with Crippen molar-refractivity contribution >= 4 is 0 Å². The van der Waals surface area contributed by atoms with Gasteiger partial charge < -0.3 is 18.3 Å². The van der Waals surface area contributed by atoms with E-state index in [2.05, 4.69) is 34.2 Å². The van der Waals surface area contributed by atoms with E-state index < -0.39 is 0 Å². The van der Waals surface area contributed by atoms with Crippen molar-refractivity contribution in [1.82, 2.24) is 15.1 Å². The SMILES string of the molecule is CC1c2cc3c(cc2C2(CCCC2)CN1Cc1nnc(-c2ccco2)o1)OCCO3. The van der Waals surface area contributed by atoms with Crippen molar-refractivity contribution in [3.63, 3.8) is 0 Å². The molecule has 1 saturated carbocycles. The summed E-state index contributed by atoms with van der Waals surface area (Å²) in [6, 6.07) is 8.32. The summed E-state index contributed by atoms with van der Waals surface area (Å²) in [5.74, 6) is 3.39. The van der Waals surface area contributed by atoms with Gasteiger partial charge in [-0.15, -0.1) is 10.2 Å². The smallest absolute Gasteiger partial charge is 0.283 e.